The first-order chi connectivity index (χ1) is 11.6. The lowest BCUT2D eigenvalue weighted by Gasteiger charge is -2.21. The smallest absolute Gasteiger partial charge is 0.272 e. The van der Waals surface area contributed by atoms with E-state index in [9.17, 15) is 9.18 Å². The molecule has 0 radical (unpaired) electrons. The van der Waals surface area contributed by atoms with Crippen molar-refractivity contribution in [2.75, 3.05) is 26.2 Å². The van der Waals surface area contributed by atoms with Crippen molar-refractivity contribution in [3.8, 4) is 0 Å². The fraction of sp³-hybridized carbons (Fsp3) is 0.375. The Hall–Kier alpha value is -2.32. The molecule has 7 nitrogen and oxygen atoms in total. The van der Waals surface area contributed by atoms with Gasteiger partial charge in [-0.05, 0) is 54.1 Å². The summed E-state index contributed by atoms with van der Waals surface area (Å²) in [5.74, 6) is 0.0558. The molecule has 2 heterocycles. The molecule has 0 unspecified atom stereocenters. The van der Waals surface area contributed by atoms with Crippen LogP contribution in [0.2, 0.25) is 0 Å². The van der Waals surface area contributed by atoms with Gasteiger partial charge in [-0.25, -0.2) is 4.39 Å². The van der Waals surface area contributed by atoms with E-state index in [4.69, 9.17) is 0 Å². The summed E-state index contributed by atoms with van der Waals surface area (Å²) in [5.41, 5.74) is 1.06. The van der Waals surface area contributed by atoms with Crippen molar-refractivity contribution in [1.29, 1.82) is 0 Å². The molecular formula is C16H20ClFN6O. The Morgan fingerprint density at radius 3 is 2.68 bits per heavy atom. The van der Waals surface area contributed by atoms with Crippen molar-refractivity contribution in [3.63, 3.8) is 0 Å². The third kappa shape index (κ3) is 4.61. The lowest BCUT2D eigenvalue weighted by Crippen LogP contribution is -2.36. The van der Waals surface area contributed by atoms with Gasteiger partial charge in [-0.2, -0.15) is 4.68 Å². The number of hydrogen-bond donors (Lipinski definition) is 1. The van der Waals surface area contributed by atoms with Crippen LogP contribution in [0.25, 0.3) is 11.8 Å². The van der Waals surface area contributed by atoms with E-state index >= 15 is 0 Å². The van der Waals surface area contributed by atoms with Crippen molar-refractivity contribution in [1.82, 2.24) is 30.4 Å². The summed E-state index contributed by atoms with van der Waals surface area (Å²) in [5, 5.41) is 14.7. The molecule has 1 aromatic carbocycles. The van der Waals surface area contributed by atoms with Gasteiger partial charge in [0.1, 0.15) is 11.5 Å². The molecule has 1 aromatic heterocycles. The second kappa shape index (κ2) is 8.68. The van der Waals surface area contributed by atoms with Crippen LogP contribution in [-0.4, -0.2) is 57.2 Å². The molecule has 1 amide bonds. The van der Waals surface area contributed by atoms with Crippen molar-refractivity contribution in [2.45, 2.75) is 13.3 Å². The highest BCUT2D eigenvalue weighted by atomic mass is 35.5. The number of amides is 1. The quantitative estimate of drug-likeness (QED) is 0.830. The summed E-state index contributed by atoms with van der Waals surface area (Å²) < 4.78 is 14.5. The average Bonchev–Trinajstić information content (AvgIpc) is 2.85. The van der Waals surface area contributed by atoms with Gasteiger partial charge in [0.05, 0.1) is 0 Å². The first-order valence-corrected chi connectivity index (χ1v) is 7.88. The minimum Gasteiger partial charge on any atom is -0.336 e. The first-order valence-electron chi connectivity index (χ1n) is 7.88. The molecule has 1 aliphatic heterocycles. The predicted octanol–water partition coefficient (Wildman–Crippen LogP) is 1.36. The minimum absolute atomic E-state index is 0. The Morgan fingerprint density at radius 2 is 2.00 bits per heavy atom. The molecule has 0 atom stereocenters. The van der Waals surface area contributed by atoms with Crippen LogP contribution in [0.1, 0.15) is 17.8 Å². The Morgan fingerprint density at radius 1 is 1.24 bits per heavy atom. The monoisotopic (exact) mass is 366 g/mol. The second-order valence-corrected chi connectivity index (χ2v) is 5.61. The minimum atomic E-state index is -0.322. The highest BCUT2D eigenvalue weighted by Crippen LogP contribution is 2.16. The molecular weight excluding hydrogens is 347 g/mol. The summed E-state index contributed by atoms with van der Waals surface area (Å²) in [4.78, 5) is 14.8. The van der Waals surface area contributed by atoms with Crippen LogP contribution in [0.5, 0.6) is 0 Å². The van der Waals surface area contributed by atoms with Crippen molar-refractivity contribution in [3.05, 3.63) is 41.5 Å². The molecule has 0 spiro atoms. The fourth-order valence-electron chi connectivity index (χ4n) is 2.60. The highest BCUT2D eigenvalue weighted by Gasteiger charge is 2.23. The van der Waals surface area contributed by atoms with Gasteiger partial charge in [-0.15, -0.1) is 17.5 Å². The number of carbonyl (C=O) groups is 1. The van der Waals surface area contributed by atoms with Gasteiger partial charge in [0.15, 0.2) is 5.82 Å². The van der Waals surface area contributed by atoms with E-state index in [0.29, 0.717) is 30.2 Å². The SMILES string of the molecule is Cc1nnnn1/C(=C\c1ccc(F)cc1)C(=O)N1CCCNCC1.Cl. The Labute approximate surface area is 151 Å². The number of nitrogens with zero attached hydrogens (tertiary/aromatic N) is 5. The van der Waals surface area contributed by atoms with Gasteiger partial charge in [0.25, 0.3) is 5.91 Å². The average molecular weight is 367 g/mol. The molecule has 1 aliphatic rings. The maximum Gasteiger partial charge on any atom is 0.272 e. The summed E-state index contributed by atoms with van der Waals surface area (Å²) >= 11 is 0. The number of rotatable bonds is 3. The topological polar surface area (TPSA) is 75.9 Å². The molecule has 1 N–H and O–H groups in total. The lowest BCUT2D eigenvalue weighted by atomic mass is 10.1. The molecule has 1 saturated heterocycles. The standard InChI is InChI=1S/C16H19FN6O.ClH/c1-12-19-20-21-23(12)15(11-13-3-5-14(17)6-4-13)16(24)22-9-2-7-18-8-10-22;/h3-6,11,18H,2,7-10H2,1H3;1H/b15-11-;. The van der Waals surface area contributed by atoms with E-state index in [-0.39, 0.29) is 24.1 Å². The molecule has 9 heteroatoms. The van der Waals surface area contributed by atoms with Crippen molar-refractivity contribution >= 4 is 30.1 Å². The van der Waals surface area contributed by atoms with Gasteiger partial charge in [-0.3, -0.25) is 4.79 Å². The Kier molecular flexibility index (Phi) is 6.60. The van der Waals surface area contributed by atoms with Gasteiger partial charge >= 0.3 is 0 Å². The lowest BCUT2D eigenvalue weighted by molar-refractivity contribution is -0.125. The van der Waals surface area contributed by atoms with Crippen LogP contribution in [0.15, 0.2) is 24.3 Å². The number of tetrazole rings is 1. The van der Waals surface area contributed by atoms with Crippen LogP contribution in [0.3, 0.4) is 0 Å². The van der Waals surface area contributed by atoms with Crippen molar-refractivity contribution in [2.24, 2.45) is 0 Å². The van der Waals surface area contributed by atoms with E-state index in [2.05, 4.69) is 20.8 Å². The number of aryl methyl sites for hydroxylation is 1. The molecule has 0 aliphatic carbocycles. The van der Waals surface area contributed by atoms with Crippen LogP contribution < -0.4 is 5.32 Å². The van der Waals surface area contributed by atoms with E-state index in [1.54, 1.807) is 30.0 Å². The van der Waals surface area contributed by atoms with Crippen LogP contribution >= 0.6 is 12.4 Å². The maximum atomic E-state index is 13.1. The zero-order valence-electron chi connectivity index (χ0n) is 13.9. The molecule has 0 saturated carbocycles. The highest BCUT2D eigenvalue weighted by molar-refractivity contribution is 6.18. The van der Waals surface area contributed by atoms with E-state index < -0.39 is 0 Å². The second-order valence-electron chi connectivity index (χ2n) is 5.61. The van der Waals surface area contributed by atoms with Gasteiger partial charge in [-0.1, -0.05) is 12.1 Å². The summed E-state index contributed by atoms with van der Waals surface area (Å²) in [6.45, 7) is 4.68. The van der Waals surface area contributed by atoms with Crippen LogP contribution in [0.4, 0.5) is 4.39 Å². The van der Waals surface area contributed by atoms with Crippen molar-refractivity contribution < 1.29 is 9.18 Å². The molecule has 3 rings (SSSR count). The van der Waals surface area contributed by atoms with E-state index in [1.807, 2.05) is 0 Å². The largest absolute Gasteiger partial charge is 0.336 e. The number of halogens is 2. The summed E-state index contributed by atoms with van der Waals surface area (Å²) in [6, 6.07) is 5.95. The molecule has 1 fully saturated rings. The molecule has 2 aromatic rings. The summed E-state index contributed by atoms with van der Waals surface area (Å²) in [6.07, 6.45) is 2.58. The maximum absolute atomic E-state index is 13.1. The number of benzene rings is 1. The summed E-state index contributed by atoms with van der Waals surface area (Å²) in [7, 11) is 0. The number of hydrogen-bond acceptors (Lipinski definition) is 5. The third-order valence-corrected chi connectivity index (χ3v) is 3.87. The number of carbonyl (C=O) groups excluding carboxylic acids is 1. The van der Waals surface area contributed by atoms with Gasteiger partial charge in [0, 0.05) is 19.6 Å². The molecule has 25 heavy (non-hydrogen) atoms. The fourth-order valence-corrected chi connectivity index (χ4v) is 2.60. The first kappa shape index (κ1) is 19.0. The third-order valence-electron chi connectivity index (χ3n) is 3.87. The zero-order chi connectivity index (χ0) is 16.9. The Bertz CT molecular complexity index is 737. The van der Waals surface area contributed by atoms with Crippen LogP contribution in [0, 0.1) is 12.7 Å². The molecule has 0 bridgehead atoms. The number of aromatic nitrogens is 4. The van der Waals surface area contributed by atoms with Crippen LogP contribution in [-0.2, 0) is 4.79 Å². The van der Waals surface area contributed by atoms with E-state index in [1.165, 1.54) is 16.8 Å². The number of nitrogens with one attached hydrogen (secondary N) is 1. The Balaban J connectivity index is 0.00000225. The van der Waals surface area contributed by atoms with Gasteiger partial charge in [0.2, 0.25) is 0 Å². The predicted molar refractivity (Wildman–Crippen MR) is 94.4 cm³/mol. The normalized spacial score (nSPS) is 15.4. The van der Waals surface area contributed by atoms with Gasteiger partial charge < -0.3 is 10.2 Å². The zero-order valence-corrected chi connectivity index (χ0v) is 14.7. The van der Waals surface area contributed by atoms with E-state index in [0.717, 1.165) is 19.5 Å². The molecule has 134 valence electrons.